The van der Waals surface area contributed by atoms with Crippen molar-refractivity contribution >= 4 is 5.97 Å². The van der Waals surface area contributed by atoms with Crippen LogP contribution in [0.5, 0.6) is 0 Å². The van der Waals surface area contributed by atoms with Gasteiger partial charge in [-0.15, -0.1) is 0 Å². The van der Waals surface area contributed by atoms with E-state index in [-0.39, 0.29) is 5.92 Å². The van der Waals surface area contributed by atoms with Crippen LogP contribution in [-0.4, -0.2) is 24.3 Å². The van der Waals surface area contributed by atoms with Gasteiger partial charge in [-0.25, -0.2) is 0 Å². The van der Waals surface area contributed by atoms with Crippen molar-refractivity contribution in [3.05, 3.63) is 0 Å². The number of hydrogen-bond acceptors (Lipinski definition) is 2. The fourth-order valence-corrected chi connectivity index (χ4v) is 0.732. The molecule has 0 aliphatic rings. The molecule has 72 valence electrons. The van der Waals surface area contributed by atoms with Gasteiger partial charge < -0.3 is 9.84 Å². The Hall–Kier alpha value is -0.570. The summed E-state index contributed by atoms with van der Waals surface area (Å²) in [4.78, 5) is 10.4. The van der Waals surface area contributed by atoms with E-state index in [1.54, 1.807) is 6.92 Å². The topological polar surface area (TPSA) is 46.5 Å². The maximum absolute atomic E-state index is 10.4. The molecule has 0 aromatic heterocycles. The van der Waals surface area contributed by atoms with Crippen molar-refractivity contribution in [2.24, 2.45) is 5.92 Å². The molecule has 12 heavy (non-hydrogen) atoms. The molecule has 0 spiro atoms. The van der Waals surface area contributed by atoms with Gasteiger partial charge in [-0.05, 0) is 12.8 Å². The average molecular weight is 174 g/mol. The molecule has 0 saturated carbocycles. The van der Waals surface area contributed by atoms with Gasteiger partial charge >= 0.3 is 5.97 Å². The molecule has 0 aromatic rings. The van der Waals surface area contributed by atoms with Crippen LogP contribution in [0.2, 0.25) is 0 Å². The van der Waals surface area contributed by atoms with Gasteiger partial charge in [-0.3, -0.25) is 4.79 Å². The van der Waals surface area contributed by atoms with Crippen molar-refractivity contribution < 1.29 is 14.6 Å². The Morgan fingerprint density at radius 1 is 1.50 bits per heavy atom. The number of carbonyl (C=O) groups is 1. The molecule has 0 bridgehead atoms. The van der Waals surface area contributed by atoms with E-state index in [0.717, 1.165) is 19.4 Å². The molecule has 0 amide bonds. The van der Waals surface area contributed by atoms with Crippen LogP contribution < -0.4 is 0 Å². The highest BCUT2D eigenvalue weighted by atomic mass is 16.5. The van der Waals surface area contributed by atoms with Gasteiger partial charge in [0.2, 0.25) is 0 Å². The SMILES string of the molecule is CCCCOCC[C@@H](C)C(=O)O. The molecule has 1 N–H and O–H groups in total. The van der Waals surface area contributed by atoms with Crippen LogP contribution in [0.15, 0.2) is 0 Å². The molecule has 0 aliphatic carbocycles. The van der Waals surface area contributed by atoms with Crippen molar-refractivity contribution in [2.75, 3.05) is 13.2 Å². The summed E-state index contributed by atoms with van der Waals surface area (Å²) in [6, 6.07) is 0. The molecule has 0 unspecified atom stereocenters. The monoisotopic (exact) mass is 174 g/mol. The predicted molar refractivity (Wildman–Crippen MR) is 47.1 cm³/mol. The van der Waals surface area contributed by atoms with E-state index in [4.69, 9.17) is 9.84 Å². The maximum atomic E-state index is 10.4. The van der Waals surface area contributed by atoms with E-state index in [2.05, 4.69) is 6.92 Å². The summed E-state index contributed by atoms with van der Waals surface area (Å²) in [5.41, 5.74) is 0. The van der Waals surface area contributed by atoms with Gasteiger partial charge in [0.15, 0.2) is 0 Å². The van der Waals surface area contributed by atoms with E-state index < -0.39 is 5.97 Å². The summed E-state index contributed by atoms with van der Waals surface area (Å²) in [6.07, 6.45) is 2.79. The maximum Gasteiger partial charge on any atom is 0.306 e. The average Bonchev–Trinajstić information content (AvgIpc) is 2.03. The Kier molecular flexibility index (Phi) is 6.76. The van der Waals surface area contributed by atoms with Crippen LogP contribution in [0.4, 0.5) is 0 Å². The smallest absolute Gasteiger partial charge is 0.306 e. The molecule has 1 atom stereocenters. The quantitative estimate of drug-likeness (QED) is 0.600. The van der Waals surface area contributed by atoms with Crippen LogP contribution in [-0.2, 0) is 9.53 Å². The molecule has 0 aromatic carbocycles. The van der Waals surface area contributed by atoms with Crippen molar-refractivity contribution in [2.45, 2.75) is 33.1 Å². The third-order valence-corrected chi connectivity index (χ3v) is 1.76. The Morgan fingerprint density at radius 2 is 2.17 bits per heavy atom. The highest BCUT2D eigenvalue weighted by molar-refractivity contribution is 5.69. The van der Waals surface area contributed by atoms with Gasteiger partial charge in [0, 0.05) is 13.2 Å². The second-order valence-electron chi connectivity index (χ2n) is 2.99. The Labute approximate surface area is 73.7 Å². The van der Waals surface area contributed by atoms with Crippen molar-refractivity contribution in [3.8, 4) is 0 Å². The van der Waals surface area contributed by atoms with Crippen LogP contribution >= 0.6 is 0 Å². The molecule has 0 rings (SSSR count). The van der Waals surface area contributed by atoms with Gasteiger partial charge in [0.25, 0.3) is 0 Å². The first kappa shape index (κ1) is 11.4. The zero-order valence-electron chi connectivity index (χ0n) is 7.88. The number of rotatable bonds is 7. The van der Waals surface area contributed by atoms with E-state index in [1.807, 2.05) is 0 Å². The zero-order valence-corrected chi connectivity index (χ0v) is 7.88. The molecule has 0 heterocycles. The Morgan fingerprint density at radius 3 is 2.67 bits per heavy atom. The lowest BCUT2D eigenvalue weighted by atomic mass is 10.1. The Bertz CT molecular complexity index is 123. The van der Waals surface area contributed by atoms with E-state index >= 15 is 0 Å². The minimum absolute atomic E-state index is 0.286. The number of carboxylic acid groups (broad SMARTS) is 1. The molecule has 0 fully saturated rings. The van der Waals surface area contributed by atoms with Crippen LogP contribution in [0, 0.1) is 5.92 Å². The van der Waals surface area contributed by atoms with Crippen molar-refractivity contribution in [1.82, 2.24) is 0 Å². The third-order valence-electron chi connectivity index (χ3n) is 1.76. The number of unbranched alkanes of at least 4 members (excludes halogenated alkanes) is 1. The molecule has 3 heteroatoms. The molecular formula is C9H18O3. The number of aliphatic carboxylic acids is 1. The summed E-state index contributed by atoms with van der Waals surface area (Å²) in [7, 11) is 0. The molecule has 0 aliphatic heterocycles. The largest absolute Gasteiger partial charge is 0.481 e. The first-order valence-corrected chi connectivity index (χ1v) is 4.49. The normalized spacial score (nSPS) is 12.8. The van der Waals surface area contributed by atoms with Crippen LogP contribution in [0.3, 0.4) is 0 Å². The Balaban J connectivity index is 3.14. The standard InChI is InChI=1S/C9H18O3/c1-3-4-6-12-7-5-8(2)9(10)11/h8H,3-7H2,1-2H3,(H,10,11)/t8-/m1/s1. The fourth-order valence-electron chi connectivity index (χ4n) is 0.732. The predicted octanol–water partition coefficient (Wildman–Crippen LogP) is 1.91. The molecule has 0 radical (unpaired) electrons. The minimum atomic E-state index is -0.742. The summed E-state index contributed by atoms with van der Waals surface area (Å²) in [6.45, 7) is 5.12. The lowest BCUT2D eigenvalue weighted by Crippen LogP contribution is -2.12. The molecular weight excluding hydrogens is 156 g/mol. The highest BCUT2D eigenvalue weighted by Crippen LogP contribution is 2.01. The van der Waals surface area contributed by atoms with Gasteiger partial charge in [0.05, 0.1) is 5.92 Å². The van der Waals surface area contributed by atoms with Crippen molar-refractivity contribution in [3.63, 3.8) is 0 Å². The lowest BCUT2D eigenvalue weighted by molar-refractivity contribution is -0.141. The lowest BCUT2D eigenvalue weighted by Gasteiger charge is -2.06. The van der Waals surface area contributed by atoms with Gasteiger partial charge in [0.1, 0.15) is 0 Å². The summed E-state index contributed by atoms with van der Waals surface area (Å²) in [5, 5.41) is 8.53. The van der Waals surface area contributed by atoms with Crippen molar-refractivity contribution in [1.29, 1.82) is 0 Å². The van der Waals surface area contributed by atoms with Gasteiger partial charge in [-0.2, -0.15) is 0 Å². The molecule has 0 saturated heterocycles. The second-order valence-corrected chi connectivity index (χ2v) is 2.99. The first-order valence-electron chi connectivity index (χ1n) is 4.49. The van der Waals surface area contributed by atoms with Crippen LogP contribution in [0.25, 0.3) is 0 Å². The van der Waals surface area contributed by atoms with Gasteiger partial charge in [-0.1, -0.05) is 20.3 Å². The van der Waals surface area contributed by atoms with E-state index in [9.17, 15) is 4.79 Å². The van der Waals surface area contributed by atoms with Crippen LogP contribution in [0.1, 0.15) is 33.1 Å². The van der Waals surface area contributed by atoms with E-state index in [0.29, 0.717) is 13.0 Å². The summed E-state index contributed by atoms with van der Waals surface area (Å²) >= 11 is 0. The zero-order chi connectivity index (χ0) is 9.40. The summed E-state index contributed by atoms with van der Waals surface area (Å²) < 4.78 is 5.23. The first-order chi connectivity index (χ1) is 5.68. The summed E-state index contributed by atoms with van der Waals surface area (Å²) in [5.74, 6) is -1.03. The molecule has 3 nitrogen and oxygen atoms in total. The second kappa shape index (κ2) is 7.10. The highest BCUT2D eigenvalue weighted by Gasteiger charge is 2.09. The number of carboxylic acids is 1. The minimum Gasteiger partial charge on any atom is -0.481 e. The number of ether oxygens (including phenoxy) is 1. The van der Waals surface area contributed by atoms with E-state index in [1.165, 1.54) is 0 Å². The fraction of sp³-hybridized carbons (Fsp3) is 0.889. The number of hydrogen-bond donors (Lipinski definition) is 1. The third kappa shape index (κ3) is 6.16.